The Bertz CT molecular complexity index is 1120. The Balaban J connectivity index is 0.00000289. The predicted molar refractivity (Wildman–Crippen MR) is 134 cm³/mol. The van der Waals surface area contributed by atoms with Gasteiger partial charge in [-0.15, -0.1) is 12.4 Å². The molecule has 0 spiro atoms. The molecule has 2 amide bonds. The number of aryl methyl sites for hydroxylation is 2. The van der Waals surface area contributed by atoms with Crippen LogP contribution in [0.2, 0.25) is 0 Å². The summed E-state index contributed by atoms with van der Waals surface area (Å²) in [7, 11) is 3.98. The molecule has 1 aliphatic rings. The van der Waals surface area contributed by atoms with Gasteiger partial charge in [0.05, 0.1) is 16.1 Å². The molecule has 32 heavy (non-hydrogen) atoms. The minimum absolute atomic E-state index is 0. The van der Waals surface area contributed by atoms with Crippen molar-refractivity contribution in [1.29, 1.82) is 0 Å². The standard InChI is InChI=1S/C24H28N4O2S.ClH/c1-16-12-17(2)22-20(13-16)25-24(31-22)27(11-10-26(3)4)23(30)18-14-21(29)28(15-18)19-8-6-5-7-9-19;/h5-9,12-13,18H,10-11,14-15H2,1-4H3;1H. The first kappa shape index (κ1) is 24.2. The predicted octanol–water partition coefficient (Wildman–Crippen LogP) is 4.28. The number of aromatic nitrogens is 1. The topological polar surface area (TPSA) is 56.8 Å². The fraction of sp³-hybridized carbons (Fsp3) is 0.375. The molecule has 3 aromatic rings. The van der Waals surface area contributed by atoms with Gasteiger partial charge >= 0.3 is 0 Å². The second-order valence-electron chi connectivity index (χ2n) is 8.46. The molecule has 1 fully saturated rings. The highest BCUT2D eigenvalue weighted by Gasteiger charge is 2.38. The van der Waals surface area contributed by atoms with Gasteiger partial charge in [0.15, 0.2) is 5.13 Å². The molecular formula is C24H29ClN4O2S. The number of carbonyl (C=O) groups excluding carboxylic acids is 2. The van der Waals surface area contributed by atoms with E-state index in [9.17, 15) is 9.59 Å². The van der Waals surface area contributed by atoms with Crippen molar-refractivity contribution in [3.8, 4) is 0 Å². The van der Waals surface area contributed by atoms with Gasteiger partial charge in [-0.3, -0.25) is 14.5 Å². The molecule has 0 aliphatic carbocycles. The SMILES string of the molecule is Cc1cc(C)c2sc(N(CCN(C)C)C(=O)C3CC(=O)N(c4ccccc4)C3)nc2c1.Cl. The largest absolute Gasteiger partial charge is 0.312 e. The van der Waals surface area contributed by atoms with Crippen LogP contribution in [0.3, 0.4) is 0 Å². The highest BCUT2D eigenvalue weighted by Crippen LogP contribution is 2.34. The van der Waals surface area contributed by atoms with Gasteiger partial charge in [-0.2, -0.15) is 0 Å². The van der Waals surface area contributed by atoms with Crippen LogP contribution in [0.4, 0.5) is 10.8 Å². The second kappa shape index (κ2) is 9.98. The third-order valence-electron chi connectivity index (χ3n) is 5.62. The molecule has 1 unspecified atom stereocenters. The van der Waals surface area contributed by atoms with Crippen molar-refractivity contribution in [1.82, 2.24) is 9.88 Å². The zero-order valence-electron chi connectivity index (χ0n) is 18.9. The third kappa shape index (κ3) is 4.95. The van der Waals surface area contributed by atoms with Crippen LogP contribution in [-0.4, -0.2) is 55.4 Å². The molecule has 2 heterocycles. The molecule has 6 nitrogen and oxygen atoms in total. The van der Waals surface area contributed by atoms with Crippen molar-refractivity contribution in [2.75, 3.05) is 43.5 Å². The highest BCUT2D eigenvalue weighted by atomic mass is 35.5. The van der Waals surface area contributed by atoms with E-state index in [1.54, 1.807) is 21.1 Å². The van der Waals surface area contributed by atoms with Crippen LogP contribution >= 0.6 is 23.7 Å². The van der Waals surface area contributed by atoms with E-state index >= 15 is 0 Å². The number of likely N-dealkylation sites (N-methyl/N-ethyl adjacent to an activating group) is 1. The number of hydrogen-bond acceptors (Lipinski definition) is 5. The van der Waals surface area contributed by atoms with Crippen LogP contribution in [0.5, 0.6) is 0 Å². The quantitative estimate of drug-likeness (QED) is 0.537. The van der Waals surface area contributed by atoms with Gasteiger partial charge in [0.25, 0.3) is 0 Å². The first-order valence-corrected chi connectivity index (χ1v) is 11.3. The number of hydrogen-bond donors (Lipinski definition) is 0. The lowest BCUT2D eigenvalue weighted by molar-refractivity contribution is -0.124. The molecule has 0 saturated carbocycles. The molecule has 170 valence electrons. The summed E-state index contributed by atoms with van der Waals surface area (Å²) in [5.74, 6) is -0.403. The van der Waals surface area contributed by atoms with Gasteiger partial charge in [-0.25, -0.2) is 4.98 Å². The average molecular weight is 473 g/mol. The summed E-state index contributed by atoms with van der Waals surface area (Å²) in [4.78, 5) is 36.6. The monoisotopic (exact) mass is 472 g/mol. The number of carbonyl (C=O) groups is 2. The van der Waals surface area contributed by atoms with Crippen molar-refractivity contribution in [3.63, 3.8) is 0 Å². The third-order valence-corrected chi connectivity index (χ3v) is 6.85. The van der Waals surface area contributed by atoms with Crippen molar-refractivity contribution in [3.05, 3.63) is 53.6 Å². The Hall–Kier alpha value is -2.48. The lowest BCUT2D eigenvalue weighted by Crippen LogP contribution is -2.41. The van der Waals surface area contributed by atoms with Gasteiger partial charge in [0.2, 0.25) is 11.8 Å². The summed E-state index contributed by atoms with van der Waals surface area (Å²) in [6.07, 6.45) is 0.231. The minimum atomic E-state index is -0.371. The van der Waals surface area contributed by atoms with Gasteiger partial charge in [-0.05, 0) is 57.3 Å². The maximum absolute atomic E-state index is 13.6. The van der Waals surface area contributed by atoms with Gasteiger partial charge in [0.1, 0.15) is 0 Å². The van der Waals surface area contributed by atoms with Gasteiger partial charge < -0.3 is 9.80 Å². The van der Waals surface area contributed by atoms with Crippen molar-refractivity contribution in [2.24, 2.45) is 5.92 Å². The summed E-state index contributed by atoms with van der Waals surface area (Å²) in [5.41, 5.74) is 4.10. The molecule has 0 N–H and O–H groups in total. The van der Waals surface area contributed by atoms with Crippen LogP contribution in [0.15, 0.2) is 42.5 Å². The molecule has 4 rings (SSSR count). The molecular weight excluding hydrogens is 444 g/mol. The number of benzene rings is 2. The van der Waals surface area contributed by atoms with E-state index in [1.807, 2.05) is 44.4 Å². The molecule has 1 aromatic heterocycles. The molecule has 1 saturated heterocycles. The van der Waals surface area contributed by atoms with Crippen LogP contribution in [0, 0.1) is 19.8 Å². The summed E-state index contributed by atoms with van der Waals surface area (Å²) < 4.78 is 1.11. The number of anilines is 2. The molecule has 8 heteroatoms. The minimum Gasteiger partial charge on any atom is -0.312 e. The second-order valence-corrected chi connectivity index (χ2v) is 9.44. The molecule has 1 atom stereocenters. The number of rotatable bonds is 6. The van der Waals surface area contributed by atoms with Crippen LogP contribution < -0.4 is 9.80 Å². The average Bonchev–Trinajstić information content (AvgIpc) is 3.32. The van der Waals surface area contributed by atoms with Crippen LogP contribution in [0.1, 0.15) is 17.5 Å². The van der Waals surface area contributed by atoms with E-state index in [0.29, 0.717) is 18.2 Å². The smallest absolute Gasteiger partial charge is 0.234 e. The first-order valence-electron chi connectivity index (χ1n) is 10.5. The van der Waals surface area contributed by atoms with E-state index in [-0.39, 0.29) is 36.6 Å². The maximum atomic E-state index is 13.6. The van der Waals surface area contributed by atoms with Crippen molar-refractivity contribution < 1.29 is 9.59 Å². The Morgan fingerprint density at radius 3 is 2.56 bits per heavy atom. The molecule has 0 radical (unpaired) electrons. The van der Waals surface area contributed by atoms with Gasteiger partial charge in [0, 0.05) is 31.7 Å². The Labute approximate surface area is 199 Å². The summed E-state index contributed by atoms with van der Waals surface area (Å²) >= 11 is 1.55. The number of fused-ring (bicyclic) bond motifs is 1. The lowest BCUT2D eigenvalue weighted by Gasteiger charge is -2.24. The zero-order valence-corrected chi connectivity index (χ0v) is 20.5. The Morgan fingerprint density at radius 2 is 1.88 bits per heavy atom. The van der Waals surface area contributed by atoms with Crippen molar-refractivity contribution >= 4 is 56.6 Å². The Kier molecular flexibility index (Phi) is 7.54. The first-order chi connectivity index (χ1) is 14.8. The van der Waals surface area contributed by atoms with E-state index in [4.69, 9.17) is 4.98 Å². The van der Waals surface area contributed by atoms with Crippen molar-refractivity contribution in [2.45, 2.75) is 20.3 Å². The number of thiazole rings is 1. The molecule has 1 aliphatic heterocycles. The van der Waals surface area contributed by atoms with E-state index < -0.39 is 0 Å². The lowest BCUT2D eigenvalue weighted by atomic mass is 10.1. The number of nitrogens with zero attached hydrogens (tertiary/aromatic N) is 4. The molecule has 2 aromatic carbocycles. The number of halogens is 1. The number of amides is 2. The van der Waals surface area contributed by atoms with E-state index in [2.05, 4.69) is 30.9 Å². The normalized spacial score (nSPS) is 16.0. The van der Waals surface area contributed by atoms with E-state index in [0.717, 1.165) is 28.0 Å². The maximum Gasteiger partial charge on any atom is 0.234 e. The fourth-order valence-electron chi connectivity index (χ4n) is 4.03. The zero-order chi connectivity index (χ0) is 22.1. The summed E-state index contributed by atoms with van der Waals surface area (Å²) in [6.45, 7) is 5.81. The highest BCUT2D eigenvalue weighted by molar-refractivity contribution is 7.22. The summed E-state index contributed by atoms with van der Waals surface area (Å²) in [6, 6.07) is 13.8. The fourth-order valence-corrected chi connectivity index (χ4v) is 5.08. The number of para-hydroxylation sites is 1. The Morgan fingerprint density at radius 1 is 1.16 bits per heavy atom. The summed E-state index contributed by atoms with van der Waals surface area (Å²) in [5, 5.41) is 0.709. The molecule has 0 bridgehead atoms. The van der Waals surface area contributed by atoms with E-state index in [1.165, 1.54) is 5.56 Å². The van der Waals surface area contributed by atoms with Crippen LogP contribution in [0.25, 0.3) is 10.2 Å². The van der Waals surface area contributed by atoms with Crippen LogP contribution in [-0.2, 0) is 9.59 Å². The van der Waals surface area contributed by atoms with Gasteiger partial charge in [-0.1, -0.05) is 35.6 Å².